The van der Waals surface area contributed by atoms with Crippen LogP contribution in [0, 0.1) is 0 Å². The summed E-state index contributed by atoms with van der Waals surface area (Å²) in [7, 11) is 0. The van der Waals surface area contributed by atoms with Gasteiger partial charge in [-0.25, -0.2) is 4.98 Å². The van der Waals surface area contributed by atoms with Crippen LogP contribution in [0.3, 0.4) is 0 Å². The Hall–Kier alpha value is -2.04. The maximum atomic E-state index is 10.6. The van der Waals surface area contributed by atoms with Crippen molar-refractivity contribution >= 4 is 11.9 Å². The predicted octanol–water partition coefficient (Wildman–Crippen LogP) is 0.0949. The Bertz CT molecular complexity index is 375. The predicted molar refractivity (Wildman–Crippen MR) is 41.9 cm³/mol. The van der Waals surface area contributed by atoms with E-state index in [-0.39, 0.29) is 5.82 Å². The lowest BCUT2D eigenvalue weighted by Gasteiger charge is -2.24. The zero-order valence-corrected chi connectivity index (χ0v) is 6.51. The standard InChI is InChI=1S/C8H6N2O3/c11-8(12)10-4-5-13-6-2-1-3-9-7(6)10/h1-5H,(H,11,12)/p-1. The Morgan fingerprint density at radius 2 is 2.46 bits per heavy atom. The molecule has 1 aromatic rings. The van der Waals surface area contributed by atoms with Gasteiger partial charge in [0.25, 0.3) is 0 Å². The van der Waals surface area contributed by atoms with Crippen molar-refractivity contribution in [2.45, 2.75) is 0 Å². The van der Waals surface area contributed by atoms with Crippen LogP contribution in [0.5, 0.6) is 5.75 Å². The highest BCUT2D eigenvalue weighted by Crippen LogP contribution is 2.28. The van der Waals surface area contributed by atoms with E-state index in [2.05, 4.69) is 4.98 Å². The molecular formula is C8H5N2O3-. The average Bonchev–Trinajstić information content (AvgIpc) is 2.17. The molecule has 5 heteroatoms. The molecule has 1 amide bonds. The number of amides is 1. The number of fused-ring (bicyclic) bond motifs is 1. The first-order valence-electron chi connectivity index (χ1n) is 3.57. The fraction of sp³-hybridized carbons (Fsp3) is 0. The van der Waals surface area contributed by atoms with Gasteiger partial charge in [-0.3, -0.25) is 4.90 Å². The molecule has 2 heterocycles. The van der Waals surface area contributed by atoms with Crippen LogP contribution in [0.15, 0.2) is 30.8 Å². The minimum atomic E-state index is -1.33. The number of aromatic nitrogens is 1. The molecule has 0 radical (unpaired) electrons. The summed E-state index contributed by atoms with van der Waals surface area (Å²) in [4.78, 5) is 15.3. The summed E-state index contributed by atoms with van der Waals surface area (Å²) in [6.07, 6.45) is 2.65. The van der Waals surface area contributed by atoms with Gasteiger partial charge in [0, 0.05) is 12.4 Å². The molecule has 0 aromatic carbocycles. The van der Waals surface area contributed by atoms with Crippen LogP contribution in [0.2, 0.25) is 0 Å². The maximum absolute atomic E-state index is 10.6. The quantitative estimate of drug-likeness (QED) is 0.563. The summed E-state index contributed by atoms with van der Waals surface area (Å²) in [6, 6.07) is 3.28. The number of ether oxygens (including phenoxy) is 1. The zero-order chi connectivity index (χ0) is 9.26. The molecule has 1 aromatic heterocycles. The van der Waals surface area contributed by atoms with Crippen LogP contribution in [0.4, 0.5) is 10.6 Å². The molecule has 1 aliphatic heterocycles. The van der Waals surface area contributed by atoms with E-state index in [0.717, 1.165) is 4.90 Å². The van der Waals surface area contributed by atoms with E-state index in [4.69, 9.17) is 4.74 Å². The highest BCUT2D eigenvalue weighted by Gasteiger charge is 2.15. The van der Waals surface area contributed by atoms with Gasteiger partial charge in [0.2, 0.25) is 0 Å². The van der Waals surface area contributed by atoms with Crippen molar-refractivity contribution < 1.29 is 14.6 Å². The minimum Gasteiger partial charge on any atom is -0.529 e. The molecule has 2 rings (SSSR count). The molecule has 0 N–H and O–H groups in total. The van der Waals surface area contributed by atoms with E-state index in [1.807, 2.05) is 0 Å². The second-order valence-electron chi connectivity index (χ2n) is 2.36. The number of carboxylic acid groups (broad SMARTS) is 1. The summed E-state index contributed by atoms with van der Waals surface area (Å²) in [5.74, 6) is 0.624. The van der Waals surface area contributed by atoms with Crippen LogP contribution >= 0.6 is 0 Å². The molecule has 0 aliphatic carbocycles. The average molecular weight is 177 g/mol. The molecule has 1 aliphatic rings. The largest absolute Gasteiger partial charge is 0.529 e. The van der Waals surface area contributed by atoms with Crippen molar-refractivity contribution in [2.24, 2.45) is 0 Å². The Kier molecular flexibility index (Phi) is 1.63. The van der Waals surface area contributed by atoms with Crippen LogP contribution in [-0.2, 0) is 0 Å². The van der Waals surface area contributed by atoms with Crippen LogP contribution < -0.4 is 14.7 Å². The van der Waals surface area contributed by atoms with E-state index in [9.17, 15) is 9.90 Å². The number of anilines is 1. The van der Waals surface area contributed by atoms with Gasteiger partial charge in [-0.15, -0.1) is 0 Å². The van der Waals surface area contributed by atoms with Gasteiger partial charge >= 0.3 is 0 Å². The molecule has 0 saturated carbocycles. The van der Waals surface area contributed by atoms with Crippen molar-refractivity contribution in [1.29, 1.82) is 0 Å². The third-order valence-corrected chi connectivity index (χ3v) is 1.58. The Balaban J connectivity index is 2.48. The van der Waals surface area contributed by atoms with Gasteiger partial charge in [-0.1, -0.05) is 0 Å². The molecule has 66 valence electrons. The molecule has 0 atom stereocenters. The fourth-order valence-electron chi connectivity index (χ4n) is 1.04. The zero-order valence-electron chi connectivity index (χ0n) is 6.51. The Labute approximate surface area is 73.9 Å². The fourth-order valence-corrected chi connectivity index (χ4v) is 1.04. The van der Waals surface area contributed by atoms with E-state index < -0.39 is 6.09 Å². The highest BCUT2D eigenvalue weighted by atomic mass is 16.5. The number of carbonyl (C=O) groups is 1. The van der Waals surface area contributed by atoms with Crippen LogP contribution in [0.25, 0.3) is 0 Å². The highest BCUT2D eigenvalue weighted by molar-refractivity contribution is 5.87. The topological polar surface area (TPSA) is 65.5 Å². The second kappa shape index (κ2) is 2.78. The summed E-state index contributed by atoms with van der Waals surface area (Å²) in [6.45, 7) is 0. The first kappa shape index (κ1) is 7.60. The van der Waals surface area contributed by atoms with Gasteiger partial charge in [-0.05, 0) is 12.1 Å². The first-order chi connectivity index (χ1) is 6.29. The molecular weight excluding hydrogens is 172 g/mol. The number of rotatable bonds is 0. The summed E-state index contributed by atoms with van der Waals surface area (Å²) in [5, 5.41) is 10.6. The van der Waals surface area contributed by atoms with Gasteiger partial charge in [0.05, 0.1) is 0 Å². The van der Waals surface area contributed by atoms with Gasteiger partial charge < -0.3 is 14.6 Å². The normalized spacial score (nSPS) is 13.4. The van der Waals surface area contributed by atoms with E-state index in [1.54, 1.807) is 12.1 Å². The van der Waals surface area contributed by atoms with Crippen molar-refractivity contribution in [3.8, 4) is 5.75 Å². The first-order valence-corrected chi connectivity index (χ1v) is 3.57. The molecule has 5 nitrogen and oxygen atoms in total. The maximum Gasteiger partial charge on any atom is 0.181 e. The smallest absolute Gasteiger partial charge is 0.181 e. The van der Waals surface area contributed by atoms with E-state index in [0.29, 0.717) is 5.75 Å². The van der Waals surface area contributed by atoms with Gasteiger partial charge in [0.15, 0.2) is 11.6 Å². The molecule has 0 saturated heterocycles. The Morgan fingerprint density at radius 1 is 1.62 bits per heavy atom. The summed E-state index contributed by atoms with van der Waals surface area (Å²) >= 11 is 0. The number of carbonyl (C=O) groups excluding carboxylic acids is 1. The second-order valence-corrected chi connectivity index (χ2v) is 2.36. The third-order valence-electron chi connectivity index (χ3n) is 1.58. The van der Waals surface area contributed by atoms with Gasteiger partial charge in [-0.2, -0.15) is 0 Å². The summed E-state index contributed by atoms with van der Waals surface area (Å²) < 4.78 is 5.03. The third kappa shape index (κ3) is 1.20. The monoisotopic (exact) mass is 177 g/mol. The van der Waals surface area contributed by atoms with Crippen LogP contribution in [-0.4, -0.2) is 11.1 Å². The lowest BCUT2D eigenvalue weighted by Crippen LogP contribution is -2.39. The molecule has 0 unspecified atom stereocenters. The van der Waals surface area contributed by atoms with E-state index >= 15 is 0 Å². The van der Waals surface area contributed by atoms with Crippen molar-refractivity contribution in [3.05, 3.63) is 30.8 Å². The van der Waals surface area contributed by atoms with Crippen LogP contribution in [0.1, 0.15) is 0 Å². The number of pyridine rings is 1. The molecule has 0 spiro atoms. The number of hydrogen-bond acceptors (Lipinski definition) is 4. The lowest BCUT2D eigenvalue weighted by molar-refractivity contribution is -0.245. The Morgan fingerprint density at radius 3 is 3.23 bits per heavy atom. The molecule has 0 fully saturated rings. The number of nitrogens with zero attached hydrogens (tertiary/aromatic N) is 2. The minimum absolute atomic E-state index is 0.227. The van der Waals surface area contributed by atoms with E-state index in [1.165, 1.54) is 18.7 Å². The van der Waals surface area contributed by atoms with Crippen molar-refractivity contribution in [3.63, 3.8) is 0 Å². The SMILES string of the molecule is O=C([O-])N1C=COc2cccnc21. The van der Waals surface area contributed by atoms with Crippen molar-refractivity contribution in [1.82, 2.24) is 4.98 Å². The summed E-state index contributed by atoms with van der Waals surface area (Å²) in [5.41, 5.74) is 0. The van der Waals surface area contributed by atoms with Crippen molar-refractivity contribution in [2.75, 3.05) is 4.90 Å². The van der Waals surface area contributed by atoms with Gasteiger partial charge in [0.1, 0.15) is 12.4 Å². The molecule has 13 heavy (non-hydrogen) atoms. The number of hydrogen-bond donors (Lipinski definition) is 0. The lowest BCUT2D eigenvalue weighted by atomic mass is 10.4. The molecule has 0 bridgehead atoms.